The van der Waals surface area contributed by atoms with E-state index in [0.29, 0.717) is 0 Å². The largest absolute Gasteiger partial charge is 0.354 e. The number of fused-ring (bicyclic) bond motifs is 8. The van der Waals surface area contributed by atoms with Crippen LogP contribution in [0.5, 0.6) is 0 Å². The van der Waals surface area contributed by atoms with Gasteiger partial charge >= 0.3 is 0 Å². The quantitative estimate of drug-likeness (QED) is 0.233. The predicted octanol–water partition coefficient (Wildman–Crippen LogP) is 10.9. The Morgan fingerprint density at radius 2 is 1.00 bits per heavy atom. The molecule has 9 aromatic rings. The first-order valence-corrected chi connectivity index (χ1v) is 14.5. The summed E-state index contributed by atoms with van der Waals surface area (Å²) in [7, 11) is 0. The Hall–Kier alpha value is -5.60. The van der Waals surface area contributed by atoms with Crippen molar-refractivity contribution in [2.24, 2.45) is 0 Å². The monoisotopic (exact) mass is 534 g/mol. The van der Waals surface area contributed by atoms with Crippen molar-refractivity contribution in [1.82, 2.24) is 9.55 Å². The third-order valence-corrected chi connectivity index (χ3v) is 8.72. The number of hydrogen-bond donors (Lipinski definition) is 1. The molecule has 0 radical (unpaired) electrons. The summed E-state index contributed by atoms with van der Waals surface area (Å²) in [6, 6.07) is 55.0. The lowest BCUT2D eigenvalue weighted by atomic mass is 9.94. The topological polar surface area (TPSA) is 20.7 Å². The van der Waals surface area contributed by atoms with Crippen LogP contribution in [0.25, 0.3) is 82.3 Å². The molecule has 0 atom stereocenters. The normalized spacial score (nSPS) is 11.8. The Balaban J connectivity index is 1.31. The van der Waals surface area contributed by atoms with E-state index in [1.807, 2.05) is 0 Å². The Morgan fingerprint density at radius 3 is 1.83 bits per heavy atom. The van der Waals surface area contributed by atoms with Crippen LogP contribution in [0.1, 0.15) is 0 Å². The van der Waals surface area contributed by atoms with Gasteiger partial charge in [-0.05, 0) is 64.0 Å². The molecule has 42 heavy (non-hydrogen) atoms. The zero-order valence-electron chi connectivity index (χ0n) is 22.9. The Labute approximate surface area is 243 Å². The lowest BCUT2D eigenvalue weighted by Gasteiger charge is -2.13. The second kappa shape index (κ2) is 8.95. The van der Waals surface area contributed by atoms with Crippen LogP contribution in [0.15, 0.2) is 152 Å². The van der Waals surface area contributed by atoms with Gasteiger partial charge in [-0.3, -0.25) is 0 Å². The summed E-state index contributed by atoms with van der Waals surface area (Å²) < 4.78 is 2.44. The number of aromatic nitrogens is 2. The van der Waals surface area contributed by atoms with Crippen LogP contribution in [0.3, 0.4) is 0 Å². The summed E-state index contributed by atoms with van der Waals surface area (Å²) in [4.78, 5) is 3.64. The maximum atomic E-state index is 3.64. The minimum Gasteiger partial charge on any atom is -0.354 e. The van der Waals surface area contributed by atoms with E-state index in [1.54, 1.807) is 0 Å². The molecule has 2 heterocycles. The molecule has 2 heteroatoms. The number of aromatic amines is 1. The zero-order chi connectivity index (χ0) is 27.6. The average molecular weight is 535 g/mol. The number of para-hydroxylation sites is 2. The Morgan fingerprint density at radius 1 is 0.381 bits per heavy atom. The standard InChI is InChI=1S/C40H26N2/c1-2-10-26(11-3-1)27-18-21-29(22-19-27)42-39-17-9-7-14-33(39)36-25-35(30-12-4-5-15-34(30)40(36)42)28-20-23-32-31-13-6-8-16-37(31)41-38(32)24-28/h1-25,41H. The van der Waals surface area contributed by atoms with E-state index in [9.17, 15) is 0 Å². The molecule has 0 aliphatic heterocycles. The Kier molecular flexibility index (Phi) is 4.93. The molecule has 0 spiro atoms. The van der Waals surface area contributed by atoms with Gasteiger partial charge in [0.1, 0.15) is 0 Å². The molecule has 0 aliphatic rings. The van der Waals surface area contributed by atoms with Crippen LogP contribution in [0, 0.1) is 0 Å². The fourth-order valence-electron chi connectivity index (χ4n) is 6.79. The van der Waals surface area contributed by atoms with Crippen molar-refractivity contribution in [2.75, 3.05) is 0 Å². The highest BCUT2D eigenvalue weighted by Crippen LogP contribution is 2.42. The molecule has 0 saturated heterocycles. The number of H-pyrrole nitrogens is 1. The highest BCUT2D eigenvalue weighted by molar-refractivity contribution is 6.22. The van der Waals surface area contributed by atoms with E-state index in [4.69, 9.17) is 0 Å². The van der Waals surface area contributed by atoms with Gasteiger partial charge in [-0.1, -0.05) is 115 Å². The molecule has 0 fully saturated rings. The fraction of sp³-hybridized carbons (Fsp3) is 0. The van der Waals surface area contributed by atoms with Gasteiger partial charge in [-0.25, -0.2) is 0 Å². The first kappa shape index (κ1) is 23.1. The van der Waals surface area contributed by atoms with Crippen molar-refractivity contribution in [3.63, 3.8) is 0 Å². The van der Waals surface area contributed by atoms with Gasteiger partial charge < -0.3 is 9.55 Å². The van der Waals surface area contributed by atoms with Crippen LogP contribution in [0.4, 0.5) is 0 Å². The summed E-state index contributed by atoms with van der Waals surface area (Å²) in [5, 5.41) is 7.56. The molecular formula is C40H26N2. The summed E-state index contributed by atoms with van der Waals surface area (Å²) in [5.74, 6) is 0. The number of nitrogens with zero attached hydrogens (tertiary/aromatic N) is 1. The first-order chi connectivity index (χ1) is 20.8. The van der Waals surface area contributed by atoms with Gasteiger partial charge in [-0.15, -0.1) is 0 Å². The smallest absolute Gasteiger partial charge is 0.0619 e. The third kappa shape index (κ3) is 3.39. The van der Waals surface area contributed by atoms with Crippen molar-refractivity contribution >= 4 is 54.4 Å². The Bertz CT molecular complexity index is 2440. The van der Waals surface area contributed by atoms with E-state index in [1.165, 1.54) is 82.3 Å². The lowest BCUT2D eigenvalue weighted by molar-refractivity contribution is 1.19. The third-order valence-electron chi connectivity index (χ3n) is 8.72. The highest BCUT2D eigenvalue weighted by Gasteiger charge is 2.18. The molecule has 0 amide bonds. The van der Waals surface area contributed by atoms with Gasteiger partial charge in [0, 0.05) is 43.7 Å². The van der Waals surface area contributed by atoms with E-state index >= 15 is 0 Å². The number of nitrogens with one attached hydrogen (secondary N) is 1. The molecule has 9 rings (SSSR count). The van der Waals surface area contributed by atoms with Crippen LogP contribution >= 0.6 is 0 Å². The van der Waals surface area contributed by atoms with Crippen LogP contribution in [0.2, 0.25) is 0 Å². The number of hydrogen-bond acceptors (Lipinski definition) is 0. The maximum absolute atomic E-state index is 3.64. The van der Waals surface area contributed by atoms with E-state index < -0.39 is 0 Å². The second-order valence-corrected chi connectivity index (χ2v) is 11.1. The van der Waals surface area contributed by atoms with Crippen LogP contribution in [-0.2, 0) is 0 Å². The molecule has 2 nitrogen and oxygen atoms in total. The van der Waals surface area contributed by atoms with E-state index in [0.717, 1.165) is 0 Å². The molecule has 0 bridgehead atoms. The molecule has 1 N–H and O–H groups in total. The van der Waals surface area contributed by atoms with Gasteiger partial charge in [-0.2, -0.15) is 0 Å². The molecule has 0 unspecified atom stereocenters. The summed E-state index contributed by atoms with van der Waals surface area (Å²) in [5.41, 5.74) is 10.9. The second-order valence-electron chi connectivity index (χ2n) is 11.1. The van der Waals surface area contributed by atoms with Crippen molar-refractivity contribution in [1.29, 1.82) is 0 Å². The predicted molar refractivity (Wildman–Crippen MR) is 179 cm³/mol. The average Bonchev–Trinajstić information content (AvgIpc) is 3.60. The molecule has 196 valence electrons. The summed E-state index contributed by atoms with van der Waals surface area (Å²) in [6.07, 6.45) is 0. The van der Waals surface area contributed by atoms with E-state index in [2.05, 4.69) is 161 Å². The highest BCUT2D eigenvalue weighted by atomic mass is 15.0. The molecule has 0 aliphatic carbocycles. The van der Waals surface area contributed by atoms with E-state index in [-0.39, 0.29) is 0 Å². The van der Waals surface area contributed by atoms with Crippen molar-refractivity contribution in [3.8, 4) is 27.9 Å². The molecule has 7 aromatic carbocycles. The SMILES string of the molecule is c1ccc(-c2ccc(-n3c4ccccc4c4cc(-c5ccc6c(c5)[nH]c5ccccc56)c5ccccc5c43)cc2)cc1. The maximum Gasteiger partial charge on any atom is 0.0619 e. The van der Waals surface area contributed by atoms with Crippen molar-refractivity contribution in [3.05, 3.63) is 152 Å². The molecule has 0 saturated carbocycles. The lowest BCUT2D eigenvalue weighted by Crippen LogP contribution is -1.95. The zero-order valence-corrected chi connectivity index (χ0v) is 22.9. The van der Waals surface area contributed by atoms with Crippen molar-refractivity contribution in [2.45, 2.75) is 0 Å². The fourth-order valence-corrected chi connectivity index (χ4v) is 6.79. The van der Waals surface area contributed by atoms with Crippen molar-refractivity contribution < 1.29 is 0 Å². The molecule has 2 aromatic heterocycles. The number of rotatable bonds is 3. The van der Waals surface area contributed by atoms with Gasteiger partial charge in [0.2, 0.25) is 0 Å². The first-order valence-electron chi connectivity index (χ1n) is 14.5. The van der Waals surface area contributed by atoms with Gasteiger partial charge in [0.05, 0.1) is 11.0 Å². The minimum absolute atomic E-state index is 1.17. The summed E-state index contributed by atoms with van der Waals surface area (Å²) in [6.45, 7) is 0. The number of benzene rings is 7. The summed E-state index contributed by atoms with van der Waals surface area (Å²) >= 11 is 0. The van der Waals surface area contributed by atoms with Crippen LogP contribution in [-0.4, -0.2) is 9.55 Å². The van der Waals surface area contributed by atoms with Crippen LogP contribution < -0.4 is 0 Å². The van der Waals surface area contributed by atoms with Gasteiger partial charge in [0.15, 0.2) is 0 Å². The van der Waals surface area contributed by atoms with Gasteiger partial charge in [0.25, 0.3) is 0 Å². The minimum atomic E-state index is 1.17. The molecular weight excluding hydrogens is 508 g/mol.